The first-order valence-electron chi connectivity index (χ1n) is 6.81. The molecule has 3 N–H and O–H groups in total. The molecule has 2 atom stereocenters. The summed E-state index contributed by atoms with van der Waals surface area (Å²) in [6.45, 7) is 4.02. The first-order valence-corrected chi connectivity index (χ1v) is 6.81. The van der Waals surface area contributed by atoms with Crippen LogP contribution in [0.2, 0.25) is 0 Å². The zero-order valence-corrected chi connectivity index (χ0v) is 12.0. The summed E-state index contributed by atoms with van der Waals surface area (Å²) in [6.07, 6.45) is 0.697. The van der Waals surface area contributed by atoms with E-state index in [9.17, 15) is 9.59 Å². The molecule has 110 valence electrons. The smallest absolute Gasteiger partial charge is 0.305 e. The van der Waals surface area contributed by atoms with Gasteiger partial charge < -0.3 is 15.7 Å². The molecule has 1 aromatic rings. The van der Waals surface area contributed by atoms with E-state index in [0.29, 0.717) is 5.69 Å². The molecular weight excluding hydrogens is 256 g/mol. The van der Waals surface area contributed by atoms with Crippen molar-refractivity contribution in [2.24, 2.45) is 11.7 Å². The van der Waals surface area contributed by atoms with E-state index in [4.69, 9.17) is 10.8 Å². The van der Waals surface area contributed by atoms with Gasteiger partial charge in [-0.2, -0.15) is 0 Å². The maximum atomic E-state index is 12.5. The lowest BCUT2D eigenvalue weighted by atomic mass is 9.98. The average molecular weight is 278 g/mol. The number of aliphatic carboxylic acids is 1. The quantitative estimate of drug-likeness (QED) is 0.797. The molecular formula is C15H22N2O3. The number of carbonyl (C=O) groups excluding carboxylic acids is 1. The number of rotatable bonds is 7. The summed E-state index contributed by atoms with van der Waals surface area (Å²) in [5.74, 6) is -1.11. The molecule has 0 heterocycles. The van der Waals surface area contributed by atoms with Crippen LogP contribution < -0.4 is 10.6 Å². The van der Waals surface area contributed by atoms with E-state index < -0.39 is 12.0 Å². The van der Waals surface area contributed by atoms with Crippen molar-refractivity contribution in [1.29, 1.82) is 0 Å². The lowest BCUT2D eigenvalue weighted by Gasteiger charge is -2.27. The Hall–Kier alpha value is -1.88. The molecule has 0 radical (unpaired) electrons. The fourth-order valence-corrected chi connectivity index (χ4v) is 1.86. The van der Waals surface area contributed by atoms with E-state index in [2.05, 4.69) is 0 Å². The molecule has 0 saturated carbocycles. The molecule has 1 aromatic carbocycles. The van der Waals surface area contributed by atoms with Crippen molar-refractivity contribution in [3.05, 3.63) is 30.3 Å². The van der Waals surface area contributed by atoms with E-state index in [-0.39, 0.29) is 24.8 Å². The number of benzene rings is 1. The average Bonchev–Trinajstić information content (AvgIpc) is 2.46. The van der Waals surface area contributed by atoms with E-state index in [0.717, 1.165) is 6.42 Å². The van der Waals surface area contributed by atoms with Crippen LogP contribution in [-0.2, 0) is 9.59 Å². The van der Waals surface area contributed by atoms with Gasteiger partial charge in [0.25, 0.3) is 0 Å². The van der Waals surface area contributed by atoms with Gasteiger partial charge in [0.05, 0.1) is 12.5 Å². The highest BCUT2D eigenvalue weighted by molar-refractivity contribution is 5.97. The fraction of sp³-hybridized carbons (Fsp3) is 0.467. The zero-order valence-electron chi connectivity index (χ0n) is 12.0. The number of carbonyl (C=O) groups is 2. The normalized spacial score (nSPS) is 13.6. The SMILES string of the molecule is CCC(C)[C@H](N)C(=O)N(CCC(=O)O)c1ccccc1. The number of carboxylic acid groups (broad SMARTS) is 1. The predicted octanol–water partition coefficient (Wildman–Crippen LogP) is 1.87. The number of nitrogens with zero attached hydrogens (tertiary/aromatic N) is 1. The second-order valence-electron chi connectivity index (χ2n) is 4.88. The summed E-state index contributed by atoms with van der Waals surface area (Å²) >= 11 is 0. The Bertz CT molecular complexity index is 448. The Morgan fingerprint density at radius 2 is 1.90 bits per heavy atom. The van der Waals surface area contributed by atoms with Gasteiger partial charge in [0.2, 0.25) is 5.91 Å². The summed E-state index contributed by atoms with van der Waals surface area (Å²) in [6, 6.07) is 8.41. The molecule has 0 bridgehead atoms. The standard InChI is InChI=1S/C15H22N2O3/c1-3-11(2)14(16)15(20)17(10-9-13(18)19)12-7-5-4-6-8-12/h4-8,11,14H,3,9-10,16H2,1-2H3,(H,18,19)/t11?,14-/m0/s1. The first-order chi connectivity index (χ1) is 9.47. The van der Waals surface area contributed by atoms with E-state index in [1.54, 1.807) is 12.1 Å². The number of anilines is 1. The van der Waals surface area contributed by atoms with Crippen molar-refractivity contribution < 1.29 is 14.7 Å². The molecule has 0 saturated heterocycles. The van der Waals surface area contributed by atoms with Crippen LogP contribution in [0.5, 0.6) is 0 Å². The van der Waals surface area contributed by atoms with Gasteiger partial charge in [-0.25, -0.2) is 0 Å². The van der Waals surface area contributed by atoms with Crippen LogP contribution in [0, 0.1) is 5.92 Å². The van der Waals surface area contributed by atoms with Crippen molar-refractivity contribution in [3.8, 4) is 0 Å². The van der Waals surface area contributed by atoms with Gasteiger partial charge in [-0.3, -0.25) is 9.59 Å². The summed E-state index contributed by atoms with van der Waals surface area (Å²) in [4.78, 5) is 24.7. The van der Waals surface area contributed by atoms with Crippen molar-refractivity contribution >= 4 is 17.6 Å². The third-order valence-electron chi connectivity index (χ3n) is 3.43. The van der Waals surface area contributed by atoms with Gasteiger partial charge in [0.15, 0.2) is 0 Å². The number of hydrogen-bond acceptors (Lipinski definition) is 3. The largest absolute Gasteiger partial charge is 0.481 e. The molecule has 1 unspecified atom stereocenters. The molecule has 5 nitrogen and oxygen atoms in total. The molecule has 1 rings (SSSR count). The minimum atomic E-state index is -0.934. The Morgan fingerprint density at radius 1 is 1.30 bits per heavy atom. The molecule has 5 heteroatoms. The fourth-order valence-electron chi connectivity index (χ4n) is 1.86. The van der Waals surface area contributed by atoms with Crippen molar-refractivity contribution in [2.75, 3.05) is 11.4 Å². The minimum Gasteiger partial charge on any atom is -0.481 e. The second-order valence-corrected chi connectivity index (χ2v) is 4.88. The van der Waals surface area contributed by atoms with Gasteiger partial charge in [-0.1, -0.05) is 38.5 Å². The summed E-state index contributed by atoms with van der Waals surface area (Å²) < 4.78 is 0. The lowest BCUT2D eigenvalue weighted by molar-refractivity contribution is -0.136. The van der Waals surface area contributed by atoms with Crippen LogP contribution in [0.4, 0.5) is 5.69 Å². The Kier molecular flexibility index (Phi) is 6.18. The maximum Gasteiger partial charge on any atom is 0.305 e. The molecule has 0 aliphatic heterocycles. The zero-order chi connectivity index (χ0) is 15.1. The lowest BCUT2D eigenvalue weighted by Crippen LogP contribution is -2.48. The van der Waals surface area contributed by atoms with Crippen LogP contribution in [0.3, 0.4) is 0 Å². The number of amides is 1. The Balaban J connectivity index is 2.92. The number of nitrogens with two attached hydrogens (primary N) is 1. The van der Waals surface area contributed by atoms with Crippen LogP contribution in [0.25, 0.3) is 0 Å². The monoisotopic (exact) mass is 278 g/mol. The first kappa shape index (κ1) is 16.2. The topological polar surface area (TPSA) is 83.6 Å². The number of carboxylic acids is 1. The molecule has 0 aromatic heterocycles. The van der Waals surface area contributed by atoms with Gasteiger partial charge in [0.1, 0.15) is 0 Å². The summed E-state index contributed by atoms with van der Waals surface area (Å²) in [7, 11) is 0. The second kappa shape index (κ2) is 7.65. The van der Waals surface area contributed by atoms with Gasteiger partial charge in [-0.05, 0) is 18.1 Å². The van der Waals surface area contributed by atoms with E-state index >= 15 is 0 Å². The Labute approximate surface area is 119 Å². The molecule has 1 amide bonds. The summed E-state index contributed by atoms with van der Waals surface area (Å²) in [5, 5.41) is 8.82. The van der Waals surface area contributed by atoms with Gasteiger partial charge >= 0.3 is 5.97 Å². The van der Waals surface area contributed by atoms with Crippen LogP contribution in [0.1, 0.15) is 26.7 Å². The minimum absolute atomic E-state index is 0.0542. The predicted molar refractivity (Wildman–Crippen MR) is 78.5 cm³/mol. The Morgan fingerprint density at radius 3 is 2.40 bits per heavy atom. The van der Waals surface area contributed by atoms with E-state index in [1.165, 1.54) is 4.90 Å². The maximum absolute atomic E-state index is 12.5. The molecule has 0 spiro atoms. The van der Waals surface area contributed by atoms with Gasteiger partial charge in [0, 0.05) is 12.2 Å². The third-order valence-corrected chi connectivity index (χ3v) is 3.43. The highest BCUT2D eigenvalue weighted by atomic mass is 16.4. The number of hydrogen-bond donors (Lipinski definition) is 2. The van der Waals surface area contributed by atoms with Crippen molar-refractivity contribution in [3.63, 3.8) is 0 Å². The molecule has 0 fully saturated rings. The van der Waals surface area contributed by atoms with Gasteiger partial charge in [-0.15, -0.1) is 0 Å². The van der Waals surface area contributed by atoms with Crippen LogP contribution in [-0.4, -0.2) is 29.6 Å². The summed E-state index contributed by atoms with van der Waals surface area (Å²) in [5.41, 5.74) is 6.66. The third kappa shape index (κ3) is 4.35. The highest BCUT2D eigenvalue weighted by Crippen LogP contribution is 2.17. The molecule has 0 aliphatic carbocycles. The molecule has 0 aliphatic rings. The van der Waals surface area contributed by atoms with Crippen LogP contribution in [0.15, 0.2) is 30.3 Å². The van der Waals surface area contributed by atoms with Crippen molar-refractivity contribution in [2.45, 2.75) is 32.7 Å². The van der Waals surface area contributed by atoms with E-state index in [1.807, 2.05) is 32.0 Å². The van der Waals surface area contributed by atoms with Crippen LogP contribution >= 0.6 is 0 Å². The molecule has 20 heavy (non-hydrogen) atoms. The number of para-hydroxylation sites is 1. The van der Waals surface area contributed by atoms with Crippen molar-refractivity contribution in [1.82, 2.24) is 0 Å². The highest BCUT2D eigenvalue weighted by Gasteiger charge is 2.26.